The first kappa shape index (κ1) is 26.9. The number of thiol groups is 1. The molecular weight excluding hydrogens is 448 g/mol. The number of aromatic nitrogens is 2. The van der Waals surface area contributed by atoms with Crippen LogP contribution < -0.4 is 21.7 Å². The summed E-state index contributed by atoms with van der Waals surface area (Å²) >= 11 is 3.86. The molecule has 0 aliphatic rings. The van der Waals surface area contributed by atoms with E-state index in [9.17, 15) is 29.1 Å². The van der Waals surface area contributed by atoms with Crippen LogP contribution in [-0.4, -0.2) is 91.0 Å². The molecule has 0 aliphatic heterocycles. The smallest absolute Gasteiger partial charge is 0.327 e. The number of aliphatic hydroxyl groups excluding tert-OH is 1. The van der Waals surface area contributed by atoms with E-state index in [1.807, 2.05) is 0 Å². The highest BCUT2D eigenvalue weighted by atomic mass is 32.1. The van der Waals surface area contributed by atoms with Crippen LogP contribution >= 0.6 is 12.6 Å². The maximum Gasteiger partial charge on any atom is 0.327 e. The van der Waals surface area contributed by atoms with Gasteiger partial charge in [0.25, 0.3) is 0 Å². The van der Waals surface area contributed by atoms with E-state index >= 15 is 0 Å². The van der Waals surface area contributed by atoms with Gasteiger partial charge < -0.3 is 42.0 Å². The quantitative estimate of drug-likeness (QED) is 0.128. The molecule has 1 heterocycles. The Bertz CT molecular complexity index is 818. The number of hydrogen-bond acceptors (Lipinski definition) is 9. The molecule has 15 heteroatoms. The second-order valence-corrected chi connectivity index (χ2v) is 7.21. The first-order valence-electron chi connectivity index (χ1n) is 9.33. The normalized spacial score (nSPS) is 15.5. The third kappa shape index (κ3) is 8.52. The zero-order valence-corrected chi connectivity index (χ0v) is 17.9. The van der Waals surface area contributed by atoms with Gasteiger partial charge in [-0.1, -0.05) is 0 Å². The number of imidazole rings is 1. The van der Waals surface area contributed by atoms with Gasteiger partial charge in [0.1, 0.15) is 24.2 Å². The number of hydrogen-bond donors (Lipinski definition) is 9. The summed E-state index contributed by atoms with van der Waals surface area (Å²) in [5, 5.41) is 34.3. The van der Waals surface area contributed by atoms with Gasteiger partial charge in [-0.25, -0.2) is 9.78 Å². The van der Waals surface area contributed by atoms with E-state index in [1.54, 1.807) is 0 Å². The van der Waals surface area contributed by atoms with Gasteiger partial charge in [0.05, 0.1) is 18.9 Å². The Balaban J connectivity index is 3.04. The molecule has 9 N–H and O–H groups in total. The second kappa shape index (κ2) is 12.6. The first-order chi connectivity index (χ1) is 15.0. The van der Waals surface area contributed by atoms with Crippen LogP contribution in [0.2, 0.25) is 0 Å². The maximum atomic E-state index is 12.7. The fourth-order valence-corrected chi connectivity index (χ4v) is 2.67. The molecule has 5 unspecified atom stereocenters. The average Bonchev–Trinajstić information content (AvgIpc) is 3.22. The SMILES string of the molecule is CC(O)C(N)C(=O)NC(CC(=O)O)C(=O)NC(Cc1cnc[nH]1)C(=O)NC(CS)C(=O)O. The van der Waals surface area contributed by atoms with E-state index in [4.69, 9.17) is 15.9 Å². The minimum absolute atomic E-state index is 0.141. The third-order valence-electron chi connectivity index (χ3n) is 4.24. The number of aromatic amines is 1. The number of aliphatic carboxylic acids is 2. The Morgan fingerprint density at radius 3 is 2.09 bits per heavy atom. The van der Waals surface area contributed by atoms with E-state index in [0.29, 0.717) is 5.69 Å². The first-order valence-corrected chi connectivity index (χ1v) is 9.97. The summed E-state index contributed by atoms with van der Waals surface area (Å²) in [6, 6.07) is -5.73. The van der Waals surface area contributed by atoms with Crippen molar-refractivity contribution >= 4 is 42.3 Å². The van der Waals surface area contributed by atoms with Crippen LogP contribution in [0, 0.1) is 0 Å². The lowest BCUT2D eigenvalue weighted by Gasteiger charge is -2.24. The molecule has 3 amide bonds. The largest absolute Gasteiger partial charge is 0.481 e. The lowest BCUT2D eigenvalue weighted by molar-refractivity contribution is -0.143. The van der Waals surface area contributed by atoms with Crippen LogP contribution in [0.4, 0.5) is 0 Å². The number of amides is 3. The monoisotopic (exact) mass is 474 g/mol. The molecule has 0 saturated carbocycles. The third-order valence-corrected chi connectivity index (χ3v) is 4.61. The molecule has 0 saturated heterocycles. The predicted molar refractivity (Wildman–Crippen MR) is 111 cm³/mol. The fraction of sp³-hybridized carbons (Fsp3) is 0.529. The van der Waals surface area contributed by atoms with Crippen LogP contribution in [0.5, 0.6) is 0 Å². The van der Waals surface area contributed by atoms with Crippen LogP contribution in [-0.2, 0) is 30.4 Å². The average molecular weight is 474 g/mol. The van der Waals surface area contributed by atoms with Gasteiger partial charge in [-0.15, -0.1) is 0 Å². The van der Waals surface area contributed by atoms with Crippen molar-refractivity contribution in [3.8, 4) is 0 Å². The Labute approximate surface area is 187 Å². The van der Waals surface area contributed by atoms with E-state index < -0.39 is 66.4 Å². The standard InChI is InChI=1S/C17H26N6O8S/c1-7(24)13(18)16(29)22-10(3-12(25)26)15(28)21-9(2-8-4-19-6-20-8)14(27)23-11(5-32)17(30)31/h4,6-7,9-11,13,24,32H,2-3,5,18H2,1H3,(H,19,20)(H,21,28)(H,22,29)(H,23,27)(H,25,26)(H,30,31). The summed E-state index contributed by atoms with van der Waals surface area (Å²) in [5.74, 6) is -5.88. The number of carbonyl (C=O) groups is 5. The number of nitrogens with two attached hydrogens (primary N) is 1. The van der Waals surface area contributed by atoms with E-state index in [-0.39, 0.29) is 12.2 Å². The summed E-state index contributed by atoms with van der Waals surface area (Å²) in [6.07, 6.45) is 0.452. The lowest BCUT2D eigenvalue weighted by atomic mass is 10.1. The van der Waals surface area contributed by atoms with Crippen molar-refractivity contribution in [2.45, 2.75) is 50.0 Å². The molecule has 14 nitrogen and oxygen atoms in total. The highest BCUT2D eigenvalue weighted by Gasteiger charge is 2.32. The van der Waals surface area contributed by atoms with Gasteiger partial charge >= 0.3 is 11.9 Å². The molecule has 1 aromatic heterocycles. The number of nitrogens with one attached hydrogen (secondary N) is 4. The zero-order chi connectivity index (χ0) is 24.4. The van der Waals surface area contributed by atoms with Crippen molar-refractivity contribution in [2.75, 3.05) is 5.75 Å². The van der Waals surface area contributed by atoms with Crippen molar-refractivity contribution in [1.29, 1.82) is 0 Å². The number of carbonyl (C=O) groups excluding carboxylic acids is 3. The van der Waals surface area contributed by atoms with Crippen molar-refractivity contribution in [3.63, 3.8) is 0 Å². The molecule has 0 aromatic carbocycles. The summed E-state index contributed by atoms with van der Waals surface area (Å²) < 4.78 is 0. The number of H-pyrrole nitrogens is 1. The maximum absolute atomic E-state index is 12.7. The Morgan fingerprint density at radius 2 is 1.62 bits per heavy atom. The molecule has 0 spiro atoms. The van der Waals surface area contributed by atoms with Crippen LogP contribution in [0.25, 0.3) is 0 Å². The number of rotatable bonds is 13. The molecule has 0 fully saturated rings. The zero-order valence-electron chi connectivity index (χ0n) is 17.0. The molecular formula is C17H26N6O8S. The molecule has 0 bridgehead atoms. The molecule has 5 atom stereocenters. The van der Waals surface area contributed by atoms with Gasteiger partial charge in [0, 0.05) is 24.1 Å². The summed E-state index contributed by atoms with van der Waals surface area (Å²) in [4.78, 5) is 66.3. The molecule has 0 radical (unpaired) electrons. The minimum atomic E-state index is -1.62. The van der Waals surface area contributed by atoms with Gasteiger partial charge in [0.2, 0.25) is 17.7 Å². The Morgan fingerprint density at radius 1 is 1.06 bits per heavy atom. The molecule has 1 aromatic rings. The summed E-state index contributed by atoms with van der Waals surface area (Å²) in [6.45, 7) is 1.24. The molecule has 0 aliphatic carbocycles. The number of nitrogens with zero attached hydrogens (tertiary/aromatic N) is 1. The Kier molecular flexibility index (Phi) is 10.6. The topological polar surface area (TPSA) is 237 Å². The summed E-state index contributed by atoms with van der Waals surface area (Å²) in [7, 11) is 0. The highest BCUT2D eigenvalue weighted by Crippen LogP contribution is 2.03. The molecule has 32 heavy (non-hydrogen) atoms. The van der Waals surface area contributed by atoms with Crippen LogP contribution in [0.15, 0.2) is 12.5 Å². The van der Waals surface area contributed by atoms with Crippen molar-refractivity contribution in [3.05, 3.63) is 18.2 Å². The molecule has 1 rings (SSSR count). The van der Waals surface area contributed by atoms with E-state index in [2.05, 4.69) is 38.5 Å². The van der Waals surface area contributed by atoms with Gasteiger partial charge in [0.15, 0.2) is 0 Å². The van der Waals surface area contributed by atoms with Crippen LogP contribution in [0.1, 0.15) is 19.0 Å². The van der Waals surface area contributed by atoms with Crippen molar-refractivity contribution < 1.29 is 39.3 Å². The van der Waals surface area contributed by atoms with E-state index in [1.165, 1.54) is 19.4 Å². The molecule has 178 valence electrons. The number of carboxylic acid groups (broad SMARTS) is 2. The van der Waals surface area contributed by atoms with Gasteiger partial charge in [-0.3, -0.25) is 19.2 Å². The predicted octanol–water partition coefficient (Wildman–Crippen LogP) is -3.40. The second-order valence-electron chi connectivity index (χ2n) is 6.85. The van der Waals surface area contributed by atoms with Crippen LogP contribution in [0.3, 0.4) is 0 Å². The highest BCUT2D eigenvalue weighted by molar-refractivity contribution is 7.80. The Hall–Kier alpha value is -3.17. The van der Waals surface area contributed by atoms with Crippen molar-refractivity contribution in [1.82, 2.24) is 25.9 Å². The fourth-order valence-electron chi connectivity index (χ4n) is 2.43. The summed E-state index contributed by atoms with van der Waals surface area (Å²) in [5.41, 5.74) is 5.91. The lowest BCUT2D eigenvalue weighted by Crippen LogP contribution is -2.59. The minimum Gasteiger partial charge on any atom is -0.481 e. The van der Waals surface area contributed by atoms with Crippen molar-refractivity contribution in [2.24, 2.45) is 5.73 Å². The number of aliphatic hydroxyl groups is 1. The number of carboxylic acids is 2. The van der Waals surface area contributed by atoms with E-state index in [0.717, 1.165) is 0 Å². The van der Waals surface area contributed by atoms with Gasteiger partial charge in [-0.2, -0.15) is 12.6 Å². The van der Waals surface area contributed by atoms with Gasteiger partial charge in [-0.05, 0) is 6.92 Å².